The van der Waals surface area contributed by atoms with Gasteiger partial charge in [-0.1, -0.05) is 30.3 Å². The maximum atomic E-state index is 11.9. The molecular weight excluding hydrogens is 252 g/mol. The van der Waals surface area contributed by atoms with Crippen molar-refractivity contribution in [3.05, 3.63) is 35.9 Å². The van der Waals surface area contributed by atoms with Gasteiger partial charge in [-0.05, 0) is 38.7 Å². The lowest BCUT2D eigenvalue weighted by Gasteiger charge is -2.18. The molecular formula is C16H24N2O2. The molecule has 4 nitrogen and oxygen atoms in total. The van der Waals surface area contributed by atoms with Crippen LogP contribution in [0.25, 0.3) is 0 Å². The zero-order chi connectivity index (χ0) is 14.4. The molecule has 0 saturated heterocycles. The minimum atomic E-state index is -0.139. The van der Waals surface area contributed by atoms with Gasteiger partial charge in [0.05, 0.1) is 11.6 Å². The van der Waals surface area contributed by atoms with E-state index >= 15 is 0 Å². The van der Waals surface area contributed by atoms with Crippen molar-refractivity contribution in [1.29, 1.82) is 0 Å². The Morgan fingerprint density at radius 1 is 1.30 bits per heavy atom. The number of benzene rings is 1. The Bertz CT molecular complexity index is 427. The SMILES string of the molecule is CC(C)OCCCNC(=O)NC1(c2ccccc2)CC1. The quantitative estimate of drug-likeness (QED) is 0.752. The number of carbonyl (C=O) groups is 1. The molecule has 1 aromatic rings. The first-order valence-corrected chi connectivity index (χ1v) is 7.35. The Morgan fingerprint density at radius 3 is 2.60 bits per heavy atom. The van der Waals surface area contributed by atoms with E-state index < -0.39 is 0 Å². The molecule has 0 unspecified atom stereocenters. The van der Waals surface area contributed by atoms with Crippen LogP contribution in [0.5, 0.6) is 0 Å². The van der Waals surface area contributed by atoms with E-state index in [9.17, 15) is 4.79 Å². The largest absolute Gasteiger partial charge is 0.379 e. The van der Waals surface area contributed by atoms with Crippen molar-refractivity contribution in [3.63, 3.8) is 0 Å². The molecule has 0 heterocycles. The zero-order valence-electron chi connectivity index (χ0n) is 12.3. The number of amides is 2. The Hall–Kier alpha value is -1.55. The smallest absolute Gasteiger partial charge is 0.315 e. The maximum Gasteiger partial charge on any atom is 0.315 e. The predicted molar refractivity (Wildman–Crippen MR) is 79.6 cm³/mol. The van der Waals surface area contributed by atoms with E-state index in [4.69, 9.17) is 4.74 Å². The summed E-state index contributed by atoms with van der Waals surface area (Å²) >= 11 is 0. The molecule has 1 aromatic carbocycles. The van der Waals surface area contributed by atoms with Gasteiger partial charge in [0.1, 0.15) is 0 Å². The third-order valence-corrected chi connectivity index (χ3v) is 3.49. The van der Waals surface area contributed by atoms with Crippen LogP contribution >= 0.6 is 0 Å². The Labute approximate surface area is 120 Å². The highest BCUT2D eigenvalue weighted by Gasteiger charge is 2.45. The Balaban J connectivity index is 1.70. The van der Waals surface area contributed by atoms with E-state index in [1.807, 2.05) is 32.0 Å². The van der Waals surface area contributed by atoms with Crippen molar-refractivity contribution < 1.29 is 9.53 Å². The standard InChI is InChI=1S/C16H24N2O2/c1-13(2)20-12-6-11-17-15(19)18-16(9-10-16)14-7-4-3-5-8-14/h3-5,7-8,13H,6,9-12H2,1-2H3,(H2,17,18,19). The second-order valence-corrected chi connectivity index (χ2v) is 5.60. The number of urea groups is 1. The van der Waals surface area contributed by atoms with E-state index in [2.05, 4.69) is 22.8 Å². The van der Waals surface area contributed by atoms with E-state index in [0.717, 1.165) is 19.3 Å². The van der Waals surface area contributed by atoms with Gasteiger partial charge < -0.3 is 15.4 Å². The summed E-state index contributed by atoms with van der Waals surface area (Å²) in [6.45, 7) is 5.35. The van der Waals surface area contributed by atoms with Crippen molar-refractivity contribution in [2.75, 3.05) is 13.2 Å². The molecule has 2 rings (SSSR count). The molecule has 0 atom stereocenters. The van der Waals surface area contributed by atoms with Crippen molar-refractivity contribution in [2.45, 2.75) is 44.8 Å². The second-order valence-electron chi connectivity index (χ2n) is 5.60. The van der Waals surface area contributed by atoms with Crippen LogP contribution in [0.1, 0.15) is 38.7 Å². The lowest BCUT2D eigenvalue weighted by Crippen LogP contribution is -2.42. The summed E-state index contributed by atoms with van der Waals surface area (Å²) in [4.78, 5) is 11.9. The third-order valence-electron chi connectivity index (χ3n) is 3.49. The molecule has 0 bridgehead atoms. The minimum Gasteiger partial charge on any atom is -0.379 e. The van der Waals surface area contributed by atoms with Gasteiger partial charge in [-0.3, -0.25) is 0 Å². The summed E-state index contributed by atoms with van der Waals surface area (Å²) in [6, 6.07) is 10.1. The van der Waals surface area contributed by atoms with Crippen LogP contribution in [0.4, 0.5) is 4.79 Å². The summed E-state index contributed by atoms with van der Waals surface area (Å²) in [6.07, 6.45) is 3.11. The van der Waals surface area contributed by atoms with Gasteiger partial charge in [0.15, 0.2) is 0 Å². The highest BCUT2D eigenvalue weighted by atomic mass is 16.5. The predicted octanol–water partition coefficient (Wildman–Crippen LogP) is 2.79. The molecule has 0 aromatic heterocycles. The lowest BCUT2D eigenvalue weighted by molar-refractivity contribution is 0.0774. The summed E-state index contributed by atoms with van der Waals surface area (Å²) in [5, 5.41) is 5.98. The van der Waals surface area contributed by atoms with Gasteiger partial charge in [-0.15, -0.1) is 0 Å². The second kappa shape index (κ2) is 6.75. The summed E-state index contributed by atoms with van der Waals surface area (Å²) in [5.41, 5.74) is 1.05. The fourth-order valence-electron chi connectivity index (χ4n) is 2.22. The minimum absolute atomic E-state index is 0.0871. The van der Waals surface area contributed by atoms with Crippen LogP contribution in [0, 0.1) is 0 Å². The van der Waals surface area contributed by atoms with E-state index in [1.54, 1.807) is 0 Å². The molecule has 0 radical (unpaired) electrons. The average molecular weight is 276 g/mol. The number of ether oxygens (including phenoxy) is 1. The van der Waals surface area contributed by atoms with Crippen molar-refractivity contribution >= 4 is 6.03 Å². The molecule has 20 heavy (non-hydrogen) atoms. The number of rotatable bonds is 7. The van der Waals surface area contributed by atoms with Crippen LogP contribution in [-0.4, -0.2) is 25.3 Å². The van der Waals surface area contributed by atoms with E-state index in [-0.39, 0.29) is 17.7 Å². The van der Waals surface area contributed by atoms with E-state index in [0.29, 0.717) is 13.2 Å². The Kier molecular flexibility index (Phi) is 5.01. The number of hydrogen-bond donors (Lipinski definition) is 2. The molecule has 2 N–H and O–H groups in total. The first kappa shape index (κ1) is 14.9. The number of nitrogens with one attached hydrogen (secondary N) is 2. The maximum absolute atomic E-state index is 11.9. The Morgan fingerprint density at radius 2 is 2.00 bits per heavy atom. The normalized spacial score (nSPS) is 15.9. The van der Waals surface area contributed by atoms with Crippen LogP contribution in [-0.2, 0) is 10.3 Å². The molecule has 110 valence electrons. The van der Waals surface area contributed by atoms with Gasteiger partial charge in [-0.25, -0.2) is 4.79 Å². The molecule has 1 aliphatic rings. The van der Waals surface area contributed by atoms with Crippen LogP contribution in [0.15, 0.2) is 30.3 Å². The van der Waals surface area contributed by atoms with Crippen molar-refractivity contribution in [3.8, 4) is 0 Å². The van der Waals surface area contributed by atoms with Crippen LogP contribution < -0.4 is 10.6 Å². The number of hydrogen-bond acceptors (Lipinski definition) is 2. The molecule has 1 saturated carbocycles. The van der Waals surface area contributed by atoms with Crippen molar-refractivity contribution in [1.82, 2.24) is 10.6 Å². The lowest BCUT2D eigenvalue weighted by atomic mass is 10.1. The van der Waals surface area contributed by atoms with Crippen molar-refractivity contribution in [2.24, 2.45) is 0 Å². The molecule has 1 fully saturated rings. The first-order valence-electron chi connectivity index (χ1n) is 7.35. The fourth-order valence-corrected chi connectivity index (χ4v) is 2.22. The molecule has 4 heteroatoms. The van der Waals surface area contributed by atoms with Gasteiger partial charge in [0, 0.05) is 13.2 Å². The van der Waals surface area contributed by atoms with Crippen LogP contribution in [0.2, 0.25) is 0 Å². The van der Waals surface area contributed by atoms with Crippen LogP contribution in [0.3, 0.4) is 0 Å². The topological polar surface area (TPSA) is 50.4 Å². The molecule has 1 aliphatic carbocycles. The fraction of sp³-hybridized carbons (Fsp3) is 0.562. The zero-order valence-corrected chi connectivity index (χ0v) is 12.3. The number of carbonyl (C=O) groups excluding carboxylic acids is 1. The van der Waals surface area contributed by atoms with Gasteiger partial charge in [0.2, 0.25) is 0 Å². The highest BCUT2D eigenvalue weighted by Crippen LogP contribution is 2.45. The summed E-state index contributed by atoms with van der Waals surface area (Å²) < 4.78 is 5.43. The molecule has 0 aliphatic heterocycles. The monoisotopic (exact) mass is 276 g/mol. The summed E-state index contributed by atoms with van der Waals surface area (Å²) in [5.74, 6) is 0. The van der Waals surface area contributed by atoms with Gasteiger partial charge >= 0.3 is 6.03 Å². The molecule has 2 amide bonds. The van der Waals surface area contributed by atoms with Gasteiger partial charge in [0.25, 0.3) is 0 Å². The molecule has 0 spiro atoms. The average Bonchev–Trinajstić information content (AvgIpc) is 3.20. The highest BCUT2D eigenvalue weighted by molar-refractivity contribution is 5.75. The summed E-state index contributed by atoms with van der Waals surface area (Å²) in [7, 11) is 0. The third kappa shape index (κ3) is 4.23. The van der Waals surface area contributed by atoms with Gasteiger partial charge in [-0.2, -0.15) is 0 Å². The van der Waals surface area contributed by atoms with E-state index in [1.165, 1.54) is 5.56 Å². The first-order chi connectivity index (χ1) is 9.62.